The van der Waals surface area contributed by atoms with E-state index in [1.165, 1.54) is 24.9 Å². The molecule has 0 atom stereocenters. The second kappa shape index (κ2) is 9.07. The lowest BCUT2D eigenvalue weighted by Crippen LogP contribution is -2.37. The first kappa shape index (κ1) is 18.8. The summed E-state index contributed by atoms with van der Waals surface area (Å²) in [6.45, 7) is 7.26. The molecule has 1 heterocycles. The number of benzene rings is 1. The molecule has 0 aromatic heterocycles. The van der Waals surface area contributed by atoms with Crippen molar-refractivity contribution in [3.63, 3.8) is 0 Å². The second-order valence-electron chi connectivity index (χ2n) is 6.96. The topological polar surface area (TPSA) is 52.6 Å². The van der Waals surface area contributed by atoms with Crippen LogP contribution >= 0.6 is 0 Å². The number of aliphatic hydroxyl groups excluding tert-OH is 1. The van der Waals surface area contributed by atoms with Crippen molar-refractivity contribution in [3.05, 3.63) is 29.8 Å². The van der Waals surface area contributed by atoms with Gasteiger partial charge in [0, 0.05) is 37.5 Å². The Morgan fingerprint density at radius 3 is 2.29 bits per heavy atom. The monoisotopic (exact) mass is 332 g/mol. The van der Waals surface area contributed by atoms with Crippen LogP contribution in [0.5, 0.6) is 0 Å². The quantitative estimate of drug-likeness (QED) is 0.765. The third kappa shape index (κ3) is 4.73. The Morgan fingerprint density at radius 2 is 1.75 bits per heavy atom. The number of piperidine rings is 1. The van der Waals surface area contributed by atoms with Gasteiger partial charge in [-0.1, -0.05) is 13.8 Å². The molecule has 0 unspecified atom stereocenters. The van der Waals surface area contributed by atoms with Crippen LogP contribution in [-0.4, -0.2) is 37.3 Å². The molecule has 4 nitrogen and oxygen atoms in total. The molecule has 1 aromatic rings. The van der Waals surface area contributed by atoms with Crippen LogP contribution in [0, 0.1) is 5.41 Å². The first-order valence-electron chi connectivity index (χ1n) is 9.38. The molecular formula is C20H32N2O2. The Labute approximate surface area is 146 Å². The van der Waals surface area contributed by atoms with Crippen LogP contribution in [0.2, 0.25) is 0 Å². The fourth-order valence-corrected chi connectivity index (χ4v) is 3.52. The molecule has 0 radical (unpaired) electrons. The third-order valence-electron chi connectivity index (χ3n) is 5.62. The number of hydrogen-bond donors (Lipinski definition) is 2. The van der Waals surface area contributed by atoms with Gasteiger partial charge in [-0.3, -0.25) is 4.79 Å². The number of carbonyl (C=O) groups is 1. The van der Waals surface area contributed by atoms with Crippen molar-refractivity contribution in [2.45, 2.75) is 52.4 Å². The lowest BCUT2D eigenvalue weighted by Gasteiger charge is -2.31. The van der Waals surface area contributed by atoms with Crippen molar-refractivity contribution in [3.8, 4) is 0 Å². The second-order valence-corrected chi connectivity index (χ2v) is 6.96. The molecule has 134 valence electrons. The summed E-state index contributed by atoms with van der Waals surface area (Å²) in [7, 11) is 0. The van der Waals surface area contributed by atoms with Gasteiger partial charge >= 0.3 is 0 Å². The molecule has 1 aliphatic rings. The lowest BCUT2D eigenvalue weighted by atomic mass is 9.79. The van der Waals surface area contributed by atoms with Crippen molar-refractivity contribution in [1.82, 2.24) is 5.32 Å². The molecule has 0 spiro atoms. The predicted octanol–water partition coefficient (Wildman–Crippen LogP) is 3.60. The van der Waals surface area contributed by atoms with E-state index in [0.717, 1.165) is 32.4 Å². The van der Waals surface area contributed by atoms with E-state index in [4.69, 9.17) is 0 Å². The highest BCUT2D eigenvalue weighted by atomic mass is 16.3. The number of nitrogens with one attached hydrogen (secondary N) is 1. The smallest absolute Gasteiger partial charge is 0.251 e. The largest absolute Gasteiger partial charge is 0.396 e. The molecule has 24 heavy (non-hydrogen) atoms. The molecule has 1 amide bonds. The number of hydrogen-bond acceptors (Lipinski definition) is 3. The zero-order valence-corrected chi connectivity index (χ0v) is 15.2. The highest BCUT2D eigenvalue weighted by molar-refractivity contribution is 5.94. The summed E-state index contributed by atoms with van der Waals surface area (Å²) in [6.07, 6.45) is 6.47. The van der Waals surface area contributed by atoms with Gasteiger partial charge in [0.1, 0.15) is 0 Å². The van der Waals surface area contributed by atoms with E-state index in [9.17, 15) is 9.90 Å². The van der Waals surface area contributed by atoms with Crippen LogP contribution in [0.25, 0.3) is 0 Å². The zero-order valence-electron chi connectivity index (χ0n) is 15.2. The molecule has 4 heteroatoms. The molecule has 0 aliphatic carbocycles. The van der Waals surface area contributed by atoms with Crippen LogP contribution < -0.4 is 10.2 Å². The van der Waals surface area contributed by atoms with E-state index in [1.54, 1.807) is 0 Å². The maximum Gasteiger partial charge on any atom is 0.251 e. The Kier molecular flexibility index (Phi) is 7.10. The van der Waals surface area contributed by atoms with Gasteiger partial charge in [0.2, 0.25) is 0 Å². The van der Waals surface area contributed by atoms with Crippen LogP contribution in [0.1, 0.15) is 62.7 Å². The number of anilines is 1. The highest BCUT2D eigenvalue weighted by Crippen LogP contribution is 2.29. The van der Waals surface area contributed by atoms with Gasteiger partial charge < -0.3 is 15.3 Å². The van der Waals surface area contributed by atoms with Gasteiger partial charge in [-0.25, -0.2) is 0 Å². The van der Waals surface area contributed by atoms with Gasteiger partial charge in [0.25, 0.3) is 5.91 Å². The Balaban J connectivity index is 1.94. The van der Waals surface area contributed by atoms with E-state index in [1.807, 2.05) is 12.1 Å². The SMILES string of the molecule is CCC(CC)(CCO)CNC(=O)c1ccc(N2CCCCC2)cc1. The maximum absolute atomic E-state index is 12.4. The average molecular weight is 332 g/mol. The molecule has 2 N–H and O–H groups in total. The number of amides is 1. The van der Waals surface area contributed by atoms with Crippen LogP contribution in [0.3, 0.4) is 0 Å². The third-order valence-corrected chi connectivity index (χ3v) is 5.62. The normalized spacial score (nSPS) is 15.4. The molecular weight excluding hydrogens is 300 g/mol. The van der Waals surface area contributed by atoms with E-state index in [0.29, 0.717) is 12.1 Å². The van der Waals surface area contributed by atoms with E-state index >= 15 is 0 Å². The van der Waals surface area contributed by atoms with Crippen molar-refractivity contribution in [2.24, 2.45) is 5.41 Å². The van der Waals surface area contributed by atoms with E-state index < -0.39 is 0 Å². The van der Waals surface area contributed by atoms with Gasteiger partial charge in [0.05, 0.1) is 0 Å². The summed E-state index contributed by atoms with van der Waals surface area (Å²) in [4.78, 5) is 14.8. The standard InChI is InChI=1S/C20H32N2O2/c1-3-20(4-2,12-15-23)16-21-19(24)17-8-10-18(11-9-17)22-13-6-5-7-14-22/h8-11,23H,3-7,12-16H2,1-2H3,(H,21,24). The van der Waals surface area contributed by atoms with Crippen LogP contribution in [0.4, 0.5) is 5.69 Å². The minimum Gasteiger partial charge on any atom is -0.396 e. The minimum atomic E-state index is -0.0237. The highest BCUT2D eigenvalue weighted by Gasteiger charge is 2.26. The van der Waals surface area contributed by atoms with Gasteiger partial charge in [-0.2, -0.15) is 0 Å². The van der Waals surface area contributed by atoms with Crippen molar-refractivity contribution >= 4 is 11.6 Å². The molecule has 1 aromatic carbocycles. The van der Waals surface area contributed by atoms with Gasteiger partial charge in [-0.15, -0.1) is 0 Å². The Hall–Kier alpha value is -1.55. The molecule has 1 aliphatic heterocycles. The Bertz CT molecular complexity index is 503. The summed E-state index contributed by atoms with van der Waals surface area (Å²) in [6, 6.07) is 7.96. The number of carbonyl (C=O) groups excluding carboxylic acids is 1. The first-order chi connectivity index (χ1) is 11.6. The van der Waals surface area contributed by atoms with E-state index in [2.05, 4.69) is 36.2 Å². The summed E-state index contributed by atoms with van der Waals surface area (Å²) in [5.41, 5.74) is 1.92. The molecule has 1 fully saturated rings. The van der Waals surface area contributed by atoms with Crippen molar-refractivity contribution in [1.29, 1.82) is 0 Å². The minimum absolute atomic E-state index is 0.00183. The fourth-order valence-electron chi connectivity index (χ4n) is 3.52. The number of aliphatic hydroxyl groups is 1. The van der Waals surface area contributed by atoms with E-state index in [-0.39, 0.29) is 17.9 Å². The average Bonchev–Trinajstić information content (AvgIpc) is 2.66. The fraction of sp³-hybridized carbons (Fsp3) is 0.650. The molecule has 1 saturated heterocycles. The molecule has 2 rings (SSSR count). The van der Waals surface area contributed by atoms with Crippen molar-refractivity contribution < 1.29 is 9.90 Å². The first-order valence-corrected chi connectivity index (χ1v) is 9.38. The Morgan fingerprint density at radius 1 is 1.12 bits per heavy atom. The summed E-state index contributed by atoms with van der Waals surface area (Å²) in [5.74, 6) is -0.0237. The maximum atomic E-state index is 12.4. The number of nitrogens with zero attached hydrogens (tertiary/aromatic N) is 1. The zero-order chi connectivity index (χ0) is 17.4. The van der Waals surface area contributed by atoms with Gasteiger partial charge in [-0.05, 0) is 68.2 Å². The number of rotatable bonds is 8. The van der Waals surface area contributed by atoms with Crippen molar-refractivity contribution in [2.75, 3.05) is 31.1 Å². The predicted molar refractivity (Wildman–Crippen MR) is 99.6 cm³/mol. The lowest BCUT2D eigenvalue weighted by molar-refractivity contribution is 0.0907. The van der Waals surface area contributed by atoms with Gasteiger partial charge in [0.15, 0.2) is 0 Å². The summed E-state index contributed by atoms with van der Waals surface area (Å²) >= 11 is 0. The summed E-state index contributed by atoms with van der Waals surface area (Å²) in [5, 5.41) is 12.3. The van der Waals surface area contributed by atoms with Crippen LogP contribution in [-0.2, 0) is 0 Å². The van der Waals surface area contributed by atoms with Crippen LogP contribution in [0.15, 0.2) is 24.3 Å². The summed E-state index contributed by atoms with van der Waals surface area (Å²) < 4.78 is 0. The molecule has 0 bridgehead atoms. The molecule has 0 saturated carbocycles.